The molecule has 1 aromatic heterocycles. The molecule has 0 fully saturated rings. The van der Waals surface area contributed by atoms with E-state index in [2.05, 4.69) is 4.72 Å². The van der Waals surface area contributed by atoms with Crippen LogP contribution in [0.25, 0.3) is 0 Å². The number of nitrogens with one attached hydrogen (secondary N) is 1. The van der Waals surface area contributed by atoms with Crippen LogP contribution in [0.4, 0.5) is 5.69 Å². The smallest absolute Gasteiger partial charge is 0.243 e. The van der Waals surface area contributed by atoms with Crippen LogP contribution in [0.1, 0.15) is 11.3 Å². The quantitative estimate of drug-likeness (QED) is 0.816. The fraction of sp³-hybridized carbons (Fsp3) is 0.0833. The Kier molecular flexibility index (Phi) is 3.55. The molecule has 6 nitrogen and oxygen atoms in total. The van der Waals surface area contributed by atoms with E-state index in [-0.39, 0.29) is 17.1 Å². The van der Waals surface area contributed by atoms with Gasteiger partial charge in [0, 0.05) is 0 Å². The van der Waals surface area contributed by atoms with Gasteiger partial charge in [0.2, 0.25) is 10.0 Å². The van der Waals surface area contributed by atoms with E-state index in [9.17, 15) is 8.42 Å². The zero-order chi connectivity index (χ0) is 13.9. The van der Waals surface area contributed by atoms with Gasteiger partial charge in [-0.1, -0.05) is 0 Å². The molecule has 0 saturated carbocycles. The SMILES string of the molecule is N#Cc1ccc(S(=O)(=O)NCc2ccco2)c(N)c1. The summed E-state index contributed by atoms with van der Waals surface area (Å²) in [5.41, 5.74) is 5.98. The zero-order valence-corrected chi connectivity index (χ0v) is 10.6. The second-order valence-electron chi connectivity index (χ2n) is 3.77. The highest BCUT2D eigenvalue weighted by Gasteiger charge is 2.17. The number of nitrogen functional groups attached to an aromatic ring is 1. The number of rotatable bonds is 4. The fourth-order valence-electron chi connectivity index (χ4n) is 1.52. The number of benzene rings is 1. The maximum Gasteiger partial charge on any atom is 0.243 e. The lowest BCUT2D eigenvalue weighted by Crippen LogP contribution is -2.24. The van der Waals surface area contributed by atoms with Gasteiger partial charge in [-0.15, -0.1) is 0 Å². The molecule has 0 atom stereocenters. The number of nitrogens with two attached hydrogens (primary N) is 1. The standard InChI is InChI=1S/C12H11N3O3S/c13-7-9-3-4-12(11(14)6-9)19(16,17)15-8-10-2-1-5-18-10/h1-6,15H,8,14H2. The maximum absolute atomic E-state index is 12.0. The van der Waals surface area contributed by atoms with Crippen molar-refractivity contribution in [2.45, 2.75) is 11.4 Å². The molecular weight excluding hydrogens is 266 g/mol. The molecule has 98 valence electrons. The molecule has 0 bridgehead atoms. The minimum atomic E-state index is -3.74. The zero-order valence-electron chi connectivity index (χ0n) is 9.83. The summed E-state index contributed by atoms with van der Waals surface area (Å²) in [4.78, 5) is -0.0574. The Hall–Kier alpha value is -2.30. The number of nitrogens with zero attached hydrogens (tertiary/aromatic N) is 1. The van der Waals surface area contributed by atoms with Crippen molar-refractivity contribution >= 4 is 15.7 Å². The first-order valence-corrected chi connectivity index (χ1v) is 6.83. The summed E-state index contributed by atoms with van der Waals surface area (Å²) in [5.74, 6) is 0.496. The van der Waals surface area contributed by atoms with Crippen LogP contribution < -0.4 is 10.5 Å². The number of anilines is 1. The van der Waals surface area contributed by atoms with Crippen molar-refractivity contribution in [3.63, 3.8) is 0 Å². The lowest BCUT2D eigenvalue weighted by Gasteiger charge is -2.08. The van der Waals surface area contributed by atoms with Gasteiger partial charge in [0.1, 0.15) is 10.7 Å². The molecule has 0 unspecified atom stereocenters. The molecule has 2 aromatic rings. The van der Waals surface area contributed by atoms with Gasteiger partial charge in [-0.25, -0.2) is 13.1 Å². The molecule has 0 saturated heterocycles. The van der Waals surface area contributed by atoms with Crippen molar-refractivity contribution in [2.24, 2.45) is 0 Å². The molecule has 0 aliphatic rings. The molecular formula is C12H11N3O3S. The van der Waals surface area contributed by atoms with Gasteiger partial charge in [-0.2, -0.15) is 5.26 Å². The Balaban J connectivity index is 2.22. The molecule has 19 heavy (non-hydrogen) atoms. The highest BCUT2D eigenvalue weighted by molar-refractivity contribution is 7.89. The van der Waals surface area contributed by atoms with Crippen LogP contribution in [-0.2, 0) is 16.6 Å². The largest absolute Gasteiger partial charge is 0.468 e. The van der Waals surface area contributed by atoms with Crippen LogP contribution in [0.2, 0.25) is 0 Å². The Labute approximate surface area is 110 Å². The summed E-state index contributed by atoms with van der Waals surface area (Å²) >= 11 is 0. The van der Waals surface area contributed by atoms with Crippen LogP contribution in [0.3, 0.4) is 0 Å². The molecule has 7 heteroatoms. The Morgan fingerprint density at radius 2 is 2.16 bits per heavy atom. The first kappa shape index (κ1) is 13.1. The summed E-state index contributed by atoms with van der Waals surface area (Å²) in [6.07, 6.45) is 1.46. The van der Waals surface area contributed by atoms with Crippen LogP contribution in [0, 0.1) is 11.3 Å². The molecule has 1 heterocycles. The number of nitriles is 1. The Bertz CT molecular complexity index is 715. The highest BCUT2D eigenvalue weighted by atomic mass is 32.2. The highest BCUT2D eigenvalue weighted by Crippen LogP contribution is 2.19. The van der Waals surface area contributed by atoms with E-state index in [0.29, 0.717) is 11.3 Å². The van der Waals surface area contributed by atoms with Gasteiger partial charge in [0.15, 0.2) is 0 Å². The van der Waals surface area contributed by atoms with E-state index in [1.54, 1.807) is 12.1 Å². The summed E-state index contributed by atoms with van der Waals surface area (Å²) in [5, 5.41) is 8.70. The second kappa shape index (κ2) is 5.14. The lowest BCUT2D eigenvalue weighted by atomic mass is 10.2. The van der Waals surface area contributed by atoms with Gasteiger partial charge >= 0.3 is 0 Å². The molecule has 0 aliphatic carbocycles. The van der Waals surface area contributed by atoms with Crippen LogP contribution in [0.5, 0.6) is 0 Å². The molecule has 0 amide bonds. The van der Waals surface area contributed by atoms with Gasteiger partial charge in [-0.3, -0.25) is 0 Å². The summed E-state index contributed by atoms with van der Waals surface area (Å²) in [6.45, 7) is 0.0365. The van der Waals surface area contributed by atoms with E-state index in [1.165, 1.54) is 24.5 Å². The van der Waals surface area contributed by atoms with E-state index >= 15 is 0 Å². The van der Waals surface area contributed by atoms with E-state index in [4.69, 9.17) is 15.4 Å². The number of hydrogen-bond acceptors (Lipinski definition) is 5. The van der Waals surface area contributed by atoms with Crippen LogP contribution in [-0.4, -0.2) is 8.42 Å². The van der Waals surface area contributed by atoms with Crippen LogP contribution >= 0.6 is 0 Å². The maximum atomic E-state index is 12.0. The van der Waals surface area contributed by atoms with Gasteiger partial charge in [-0.05, 0) is 30.3 Å². The Morgan fingerprint density at radius 3 is 2.74 bits per heavy atom. The van der Waals surface area contributed by atoms with Crippen molar-refractivity contribution in [2.75, 3.05) is 5.73 Å². The van der Waals surface area contributed by atoms with E-state index < -0.39 is 10.0 Å². The number of hydrogen-bond donors (Lipinski definition) is 2. The molecule has 0 aliphatic heterocycles. The fourth-order valence-corrected chi connectivity index (χ4v) is 2.62. The lowest BCUT2D eigenvalue weighted by molar-refractivity contribution is 0.498. The predicted octanol–water partition coefficient (Wildman–Crippen LogP) is 1.21. The summed E-state index contributed by atoms with van der Waals surface area (Å²) in [6, 6.07) is 9.24. The first-order chi connectivity index (χ1) is 9.03. The van der Waals surface area contributed by atoms with E-state index in [0.717, 1.165) is 0 Å². The Morgan fingerprint density at radius 1 is 1.37 bits per heavy atom. The van der Waals surface area contributed by atoms with Gasteiger partial charge < -0.3 is 10.2 Å². The topological polar surface area (TPSA) is 109 Å². The number of furan rings is 1. The van der Waals surface area contributed by atoms with Crippen molar-refractivity contribution < 1.29 is 12.8 Å². The van der Waals surface area contributed by atoms with E-state index in [1.807, 2.05) is 6.07 Å². The monoisotopic (exact) mass is 277 g/mol. The minimum absolute atomic E-state index is 0.0333. The molecule has 0 spiro atoms. The number of sulfonamides is 1. The van der Waals surface area contributed by atoms with Crippen molar-refractivity contribution in [1.82, 2.24) is 4.72 Å². The molecule has 2 rings (SSSR count). The summed E-state index contributed by atoms with van der Waals surface area (Å²) in [7, 11) is -3.74. The molecule has 3 N–H and O–H groups in total. The van der Waals surface area contributed by atoms with Gasteiger partial charge in [0.05, 0.1) is 30.1 Å². The minimum Gasteiger partial charge on any atom is -0.468 e. The van der Waals surface area contributed by atoms with Crippen molar-refractivity contribution in [3.8, 4) is 6.07 Å². The average Bonchev–Trinajstić information content (AvgIpc) is 2.89. The van der Waals surface area contributed by atoms with Crippen molar-refractivity contribution in [3.05, 3.63) is 47.9 Å². The molecule has 0 radical (unpaired) electrons. The molecule has 1 aromatic carbocycles. The third-order valence-electron chi connectivity index (χ3n) is 2.44. The third kappa shape index (κ3) is 2.93. The third-order valence-corrected chi connectivity index (χ3v) is 3.92. The predicted molar refractivity (Wildman–Crippen MR) is 68.3 cm³/mol. The van der Waals surface area contributed by atoms with Crippen molar-refractivity contribution in [1.29, 1.82) is 5.26 Å². The normalized spacial score (nSPS) is 11.1. The summed E-state index contributed by atoms with van der Waals surface area (Å²) < 4.78 is 31.5. The average molecular weight is 277 g/mol. The first-order valence-electron chi connectivity index (χ1n) is 5.34. The second-order valence-corrected chi connectivity index (χ2v) is 5.50. The van der Waals surface area contributed by atoms with Gasteiger partial charge in [0.25, 0.3) is 0 Å². The van der Waals surface area contributed by atoms with Crippen LogP contribution in [0.15, 0.2) is 45.9 Å².